The van der Waals surface area contributed by atoms with Crippen molar-refractivity contribution in [2.24, 2.45) is 0 Å². The summed E-state index contributed by atoms with van der Waals surface area (Å²) < 4.78 is 5.65. The van der Waals surface area contributed by atoms with E-state index in [2.05, 4.69) is 17.2 Å². The average Bonchev–Trinajstić information content (AvgIpc) is 2.53. The summed E-state index contributed by atoms with van der Waals surface area (Å²) in [7, 11) is 0. The molecule has 0 bridgehead atoms. The first-order valence-electron chi connectivity index (χ1n) is 7.30. The summed E-state index contributed by atoms with van der Waals surface area (Å²) in [5.74, 6) is 0.172. The molecule has 2 aromatic rings. The molecule has 0 saturated carbocycles. The molecule has 2 aromatic carbocycles. The van der Waals surface area contributed by atoms with Crippen molar-refractivity contribution < 1.29 is 9.53 Å². The summed E-state index contributed by atoms with van der Waals surface area (Å²) in [4.78, 5) is 12.3. The second kappa shape index (κ2) is 8.85. The van der Waals surface area contributed by atoms with Crippen LogP contribution >= 0.6 is 35.4 Å². The first-order valence-corrected chi connectivity index (χ1v) is 8.47. The van der Waals surface area contributed by atoms with Crippen molar-refractivity contribution in [3.63, 3.8) is 0 Å². The molecule has 4 nitrogen and oxygen atoms in total. The van der Waals surface area contributed by atoms with E-state index < -0.39 is 5.91 Å². The van der Waals surface area contributed by atoms with Gasteiger partial charge in [0.1, 0.15) is 12.4 Å². The van der Waals surface area contributed by atoms with E-state index in [1.807, 2.05) is 19.1 Å². The number of benzene rings is 2. The van der Waals surface area contributed by atoms with Crippen molar-refractivity contribution in [2.45, 2.75) is 6.92 Å². The third kappa shape index (κ3) is 5.74. The summed E-state index contributed by atoms with van der Waals surface area (Å²) in [5.41, 5.74) is 1.81. The lowest BCUT2D eigenvalue weighted by Crippen LogP contribution is -2.34. The van der Waals surface area contributed by atoms with Gasteiger partial charge in [0.25, 0.3) is 5.91 Å². The van der Waals surface area contributed by atoms with Crippen LogP contribution < -0.4 is 15.4 Å². The molecule has 0 aliphatic heterocycles. The molecule has 1 amide bonds. The highest BCUT2D eigenvalue weighted by molar-refractivity contribution is 7.80. The maximum absolute atomic E-state index is 12.3. The van der Waals surface area contributed by atoms with Crippen molar-refractivity contribution in [1.29, 1.82) is 0 Å². The van der Waals surface area contributed by atoms with Gasteiger partial charge in [0.2, 0.25) is 0 Å². The third-order valence-corrected chi connectivity index (χ3v) is 3.76. The monoisotopic (exact) mass is 394 g/mol. The fourth-order valence-corrected chi connectivity index (χ4v) is 2.59. The molecule has 0 spiro atoms. The number of carbonyl (C=O) groups is 1. The van der Waals surface area contributed by atoms with Crippen LogP contribution in [-0.2, 0) is 0 Å². The van der Waals surface area contributed by atoms with Crippen LogP contribution in [0.15, 0.2) is 54.6 Å². The van der Waals surface area contributed by atoms with Crippen LogP contribution in [0.5, 0.6) is 5.75 Å². The van der Waals surface area contributed by atoms with Gasteiger partial charge in [-0.2, -0.15) is 0 Å². The van der Waals surface area contributed by atoms with Gasteiger partial charge in [-0.3, -0.25) is 10.1 Å². The first-order chi connectivity index (χ1) is 11.9. The Morgan fingerprint density at radius 3 is 2.64 bits per heavy atom. The molecule has 7 heteroatoms. The number of rotatable bonds is 5. The minimum absolute atomic E-state index is 0.127. The third-order valence-electron chi connectivity index (χ3n) is 3.01. The topological polar surface area (TPSA) is 50.4 Å². The highest BCUT2D eigenvalue weighted by Gasteiger charge is 2.13. The minimum Gasteiger partial charge on any atom is -0.487 e. The number of carbonyl (C=O) groups excluding carboxylic acids is 1. The van der Waals surface area contributed by atoms with Crippen LogP contribution in [0, 0.1) is 0 Å². The SMILES string of the molecule is C=C(C)COc1ccccc1NC(=S)NC(=O)c1ccc(Cl)cc1Cl. The van der Waals surface area contributed by atoms with E-state index in [1.165, 1.54) is 12.1 Å². The second-order valence-electron chi connectivity index (χ2n) is 5.27. The smallest absolute Gasteiger partial charge is 0.258 e. The van der Waals surface area contributed by atoms with Gasteiger partial charge >= 0.3 is 0 Å². The quantitative estimate of drug-likeness (QED) is 0.548. The maximum atomic E-state index is 12.3. The fraction of sp³-hybridized carbons (Fsp3) is 0.111. The van der Waals surface area contributed by atoms with Crippen LogP contribution in [0.3, 0.4) is 0 Å². The number of thiocarbonyl (C=S) groups is 1. The molecular formula is C18H16Cl2N2O2S. The largest absolute Gasteiger partial charge is 0.487 e. The van der Waals surface area contributed by atoms with Gasteiger partial charge in [0, 0.05) is 5.02 Å². The van der Waals surface area contributed by atoms with Gasteiger partial charge in [-0.25, -0.2) is 0 Å². The Morgan fingerprint density at radius 2 is 1.96 bits per heavy atom. The molecule has 0 aliphatic rings. The number of hydrogen-bond donors (Lipinski definition) is 2. The van der Waals surface area contributed by atoms with E-state index in [0.29, 0.717) is 23.1 Å². The number of hydrogen-bond acceptors (Lipinski definition) is 3. The predicted molar refractivity (Wildman–Crippen MR) is 107 cm³/mol. The molecule has 0 atom stereocenters. The number of amides is 1. The van der Waals surface area contributed by atoms with Crippen LogP contribution in [0.2, 0.25) is 10.0 Å². The maximum Gasteiger partial charge on any atom is 0.258 e. The van der Waals surface area contributed by atoms with Crippen molar-refractivity contribution in [2.75, 3.05) is 11.9 Å². The molecule has 25 heavy (non-hydrogen) atoms. The lowest BCUT2D eigenvalue weighted by molar-refractivity contribution is 0.0978. The molecule has 0 unspecified atom stereocenters. The Labute approximate surface area is 161 Å². The molecule has 0 heterocycles. The van der Waals surface area contributed by atoms with E-state index >= 15 is 0 Å². The standard InChI is InChI=1S/C18H16Cl2N2O2S/c1-11(2)10-24-16-6-4-3-5-15(16)21-18(25)22-17(23)13-8-7-12(19)9-14(13)20/h3-9H,1,10H2,2H3,(H2,21,22,23,25). The van der Waals surface area contributed by atoms with E-state index in [4.69, 9.17) is 40.2 Å². The number of halogens is 2. The van der Waals surface area contributed by atoms with Crippen molar-refractivity contribution in [1.82, 2.24) is 5.32 Å². The van der Waals surface area contributed by atoms with Crippen molar-refractivity contribution in [3.05, 3.63) is 70.2 Å². The Hall–Kier alpha value is -2.08. The molecule has 130 valence electrons. The number of anilines is 1. The van der Waals surface area contributed by atoms with Crippen LogP contribution in [0.1, 0.15) is 17.3 Å². The summed E-state index contributed by atoms with van der Waals surface area (Å²) in [6, 6.07) is 11.9. The van der Waals surface area contributed by atoms with Gasteiger partial charge in [0.15, 0.2) is 5.11 Å². The summed E-state index contributed by atoms with van der Waals surface area (Å²) >= 11 is 17.0. The van der Waals surface area contributed by atoms with E-state index in [0.717, 1.165) is 5.57 Å². The fourth-order valence-electron chi connectivity index (χ4n) is 1.89. The number of para-hydroxylation sites is 2. The molecule has 0 radical (unpaired) electrons. The normalized spacial score (nSPS) is 10.0. The first kappa shape index (κ1) is 19.2. The summed E-state index contributed by atoms with van der Waals surface area (Å²) in [6.07, 6.45) is 0. The van der Waals surface area contributed by atoms with Gasteiger partial charge in [-0.1, -0.05) is 41.9 Å². The zero-order chi connectivity index (χ0) is 18.4. The van der Waals surface area contributed by atoms with Crippen LogP contribution in [0.25, 0.3) is 0 Å². The molecule has 0 fully saturated rings. The Kier molecular flexibility index (Phi) is 6.82. The Morgan fingerprint density at radius 1 is 1.24 bits per heavy atom. The molecular weight excluding hydrogens is 379 g/mol. The van der Waals surface area contributed by atoms with Gasteiger partial charge in [0.05, 0.1) is 16.3 Å². The molecule has 0 aromatic heterocycles. The Bertz CT molecular complexity index is 824. The van der Waals surface area contributed by atoms with Crippen molar-refractivity contribution in [3.8, 4) is 5.75 Å². The zero-order valence-electron chi connectivity index (χ0n) is 13.4. The minimum atomic E-state index is -0.431. The number of ether oxygens (including phenoxy) is 1. The van der Waals surface area contributed by atoms with Gasteiger partial charge in [-0.05, 0) is 55.0 Å². The summed E-state index contributed by atoms with van der Waals surface area (Å²) in [5, 5.41) is 6.34. The van der Waals surface area contributed by atoms with E-state index in [1.54, 1.807) is 18.2 Å². The number of nitrogens with one attached hydrogen (secondary N) is 2. The van der Waals surface area contributed by atoms with Crippen LogP contribution in [0.4, 0.5) is 5.69 Å². The van der Waals surface area contributed by atoms with Gasteiger partial charge in [-0.15, -0.1) is 0 Å². The highest BCUT2D eigenvalue weighted by atomic mass is 35.5. The van der Waals surface area contributed by atoms with Crippen LogP contribution in [-0.4, -0.2) is 17.6 Å². The molecule has 0 saturated heterocycles. The zero-order valence-corrected chi connectivity index (χ0v) is 15.8. The lowest BCUT2D eigenvalue weighted by atomic mass is 10.2. The second-order valence-corrected chi connectivity index (χ2v) is 6.53. The van der Waals surface area contributed by atoms with E-state index in [-0.39, 0.29) is 15.7 Å². The Balaban J connectivity index is 2.05. The molecule has 2 rings (SSSR count). The van der Waals surface area contributed by atoms with E-state index in [9.17, 15) is 4.79 Å². The molecule has 0 aliphatic carbocycles. The average molecular weight is 395 g/mol. The molecule has 2 N–H and O–H groups in total. The van der Waals surface area contributed by atoms with Gasteiger partial charge < -0.3 is 10.1 Å². The van der Waals surface area contributed by atoms with Crippen molar-refractivity contribution >= 4 is 52.1 Å². The summed E-state index contributed by atoms with van der Waals surface area (Å²) in [6.45, 7) is 6.06. The lowest BCUT2D eigenvalue weighted by Gasteiger charge is -2.14. The highest BCUT2D eigenvalue weighted by Crippen LogP contribution is 2.24. The predicted octanol–water partition coefficient (Wildman–Crippen LogP) is 5.08.